The van der Waals surface area contributed by atoms with Gasteiger partial charge in [-0.2, -0.15) is 0 Å². The lowest BCUT2D eigenvalue weighted by Crippen LogP contribution is -2.07. The Bertz CT molecular complexity index is 1080. The van der Waals surface area contributed by atoms with Gasteiger partial charge in [0.2, 0.25) is 0 Å². The predicted octanol–water partition coefficient (Wildman–Crippen LogP) is 3.79. The van der Waals surface area contributed by atoms with Crippen molar-refractivity contribution in [2.24, 2.45) is 0 Å². The second-order valence-corrected chi connectivity index (χ2v) is 7.47. The largest absolute Gasteiger partial charge is 0.493 e. The fourth-order valence-corrected chi connectivity index (χ4v) is 3.95. The SMILES string of the molecule is CCn1c(Cc2ccc(OC)c(OC)c2)nnc1SCC(=O)c1ccc([N+](=O)[O-])cc1. The molecule has 0 saturated carbocycles. The normalized spacial score (nSPS) is 10.7. The molecule has 9 nitrogen and oxygen atoms in total. The molecule has 0 spiro atoms. The van der Waals surface area contributed by atoms with Gasteiger partial charge in [0.15, 0.2) is 22.4 Å². The summed E-state index contributed by atoms with van der Waals surface area (Å²) in [6.45, 7) is 2.65. The highest BCUT2D eigenvalue weighted by Gasteiger charge is 2.16. The fraction of sp³-hybridized carbons (Fsp3) is 0.286. The predicted molar refractivity (Wildman–Crippen MR) is 116 cm³/mol. The molecule has 0 aliphatic heterocycles. The average Bonchev–Trinajstić information content (AvgIpc) is 3.18. The van der Waals surface area contributed by atoms with E-state index in [1.54, 1.807) is 14.2 Å². The van der Waals surface area contributed by atoms with E-state index in [2.05, 4.69) is 10.2 Å². The monoisotopic (exact) mass is 442 g/mol. The molecule has 0 radical (unpaired) electrons. The van der Waals surface area contributed by atoms with E-state index in [1.165, 1.54) is 36.0 Å². The van der Waals surface area contributed by atoms with Crippen molar-refractivity contribution in [2.75, 3.05) is 20.0 Å². The smallest absolute Gasteiger partial charge is 0.269 e. The molecular formula is C21H22N4O5S. The van der Waals surface area contributed by atoms with Crippen LogP contribution < -0.4 is 9.47 Å². The van der Waals surface area contributed by atoms with Crippen LogP contribution in [0, 0.1) is 10.1 Å². The van der Waals surface area contributed by atoms with Crippen LogP contribution in [0.5, 0.6) is 11.5 Å². The van der Waals surface area contributed by atoms with Gasteiger partial charge >= 0.3 is 0 Å². The lowest BCUT2D eigenvalue weighted by molar-refractivity contribution is -0.384. The number of rotatable bonds is 10. The first-order valence-corrected chi connectivity index (χ1v) is 10.5. The van der Waals surface area contributed by atoms with E-state index in [9.17, 15) is 14.9 Å². The van der Waals surface area contributed by atoms with E-state index in [0.717, 1.165) is 11.4 Å². The number of nitrogens with zero attached hydrogens (tertiary/aromatic N) is 4. The number of thioether (sulfide) groups is 1. The highest BCUT2D eigenvalue weighted by Crippen LogP contribution is 2.29. The summed E-state index contributed by atoms with van der Waals surface area (Å²) in [7, 11) is 3.18. The summed E-state index contributed by atoms with van der Waals surface area (Å²) >= 11 is 1.29. The number of aromatic nitrogens is 3. The van der Waals surface area contributed by atoms with E-state index in [1.807, 2.05) is 29.7 Å². The number of nitro benzene ring substituents is 1. The summed E-state index contributed by atoms with van der Waals surface area (Å²) in [6, 6.07) is 11.3. The highest BCUT2D eigenvalue weighted by molar-refractivity contribution is 7.99. The molecule has 3 aromatic rings. The molecule has 3 rings (SSSR count). The number of nitro groups is 1. The number of ketones is 1. The Balaban J connectivity index is 1.70. The van der Waals surface area contributed by atoms with Crippen molar-refractivity contribution >= 4 is 23.2 Å². The van der Waals surface area contributed by atoms with Crippen LogP contribution in [0.15, 0.2) is 47.6 Å². The second-order valence-electron chi connectivity index (χ2n) is 6.53. The molecule has 0 fully saturated rings. The summed E-state index contributed by atoms with van der Waals surface area (Å²) in [6.07, 6.45) is 0.554. The number of hydrogen-bond donors (Lipinski definition) is 0. The number of hydrogen-bond acceptors (Lipinski definition) is 8. The summed E-state index contributed by atoms with van der Waals surface area (Å²) < 4.78 is 12.6. The zero-order chi connectivity index (χ0) is 22.4. The Labute approximate surface area is 183 Å². The molecule has 0 aliphatic carbocycles. The maximum Gasteiger partial charge on any atom is 0.269 e. The van der Waals surface area contributed by atoms with Gasteiger partial charge in [0.05, 0.1) is 24.9 Å². The molecular weight excluding hydrogens is 420 g/mol. The van der Waals surface area contributed by atoms with Gasteiger partial charge in [0.25, 0.3) is 5.69 Å². The lowest BCUT2D eigenvalue weighted by Gasteiger charge is -2.10. The minimum absolute atomic E-state index is 0.0465. The highest BCUT2D eigenvalue weighted by atomic mass is 32.2. The molecule has 0 N–H and O–H groups in total. The first-order valence-electron chi connectivity index (χ1n) is 9.50. The third-order valence-electron chi connectivity index (χ3n) is 4.65. The Morgan fingerprint density at radius 3 is 2.42 bits per heavy atom. The Hall–Kier alpha value is -3.40. The number of benzene rings is 2. The second kappa shape index (κ2) is 10.1. The molecule has 31 heavy (non-hydrogen) atoms. The van der Waals surface area contributed by atoms with Crippen molar-refractivity contribution in [1.29, 1.82) is 0 Å². The van der Waals surface area contributed by atoms with Crippen LogP contribution in [0.1, 0.15) is 28.7 Å². The number of Topliss-reactive ketones (excluding diaryl/α,β-unsaturated/α-hetero) is 1. The molecule has 0 bridgehead atoms. The number of non-ortho nitro benzene ring substituents is 1. The minimum Gasteiger partial charge on any atom is -0.493 e. The van der Waals surface area contributed by atoms with Gasteiger partial charge in [0, 0.05) is 30.7 Å². The molecule has 0 amide bonds. The maximum absolute atomic E-state index is 12.5. The number of carbonyl (C=O) groups is 1. The van der Waals surface area contributed by atoms with E-state index in [0.29, 0.717) is 35.2 Å². The van der Waals surface area contributed by atoms with Gasteiger partial charge in [-0.3, -0.25) is 14.9 Å². The average molecular weight is 442 g/mol. The van der Waals surface area contributed by atoms with Gasteiger partial charge in [-0.1, -0.05) is 17.8 Å². The van der Waals surface area contributed by atoms with Crippen LogP contribution >= 0.6 is 11.8 Å². The van der Waals surface area contributed by atoms with Crippen molar-refractivity contribution in [1.82, 2.24) is 14.8 Å². The molecule has 10 heteroatoms. The first-order chi connectivity index (χ1) is 15.0. The molecule has 1 aromatic heterocycles. The van der Waals surface area contributed by atoms with E-state index >= 15 is 0 Å². The maximum atomic E-state index is 12.5. The Morgan fingerprint density at radius 1 is 1.10 bits per heavy atom. The zero-order valence-corrected chi connectivity index (χ0v) is 18.2. The Morgan fingerprint density at radius 2 is 1.81 bits per heavy atom. The van der Waals surface area contributed by atoms with Crippen molar-refractivity contribution in [3.8, 4) is 11.5 Å². The molecule has 0 saturated heterocycles. The molecule has 2 aromatic carbocycles. The van der Waals surface area contributed by atoms with Crippen LogP contribution in [-0.4, -0.2) is 45.4 Å². The van der Waals surface area contributed by atoms with E-state index in [-0.39, 0.29) is 17.2 Å². The van der Waals surface area contributed by atoms with Crippen LogP contribution in [0.2, 0.25) is 0 Å². The van der Waals surface area contributed by atoms with Crippen molar-refractivity contribution in [2.45, 2.75) is 25.0 Å². The minimum atomic E-state index is -0.493. The molecule has 162 valence electrons. The van der Waals surface area contributed by atoms with Crippen molar-refractivity contribution < 1.29 is 19.2 Å². The van der Waals surface area contributed by atoms with Gasteiger partial charge in [0.1, 0.15) is 5.82 Å². The topological polar surface area (TPSA) is 109 Å². The lowest BCUT2D eigenvalue weighted by atomic mass is 10.1. The molecule has 0 atom stereocenters. The van der Waals surface area contributed by atoms with Crippen molar-refractivity contribution in [3.05, 3.63) is 69.5 Å². The number of methoxy groups -OCH3 is 2. The zero-order valence-electron chi connectivity index (χ0n) is 17.4. The van der Waals surface area contributed by atoms with Crippen LogP contribution in [0.25, 0.3) is 0 Å². The number of carbonyl (C=O) groups excluding carboxylic acids is 1. The summed E-state index contributed by atoms with van der Waals surface area (Å²) in [4.78, 5) is 22.7. The summed E-state index contributed by atoms with van der Waals surface area (Å²) in [5.41, 5.74) is 1.37. The van der Waals surface area contributed by atoms with Crippen LogP contribution in [-0.2, 0) is 13.0 Å². The quantitative estimate of drug-likeness (QED) is 0.202. The molecule has 0 aliphatic rings. The first kappa shape index (κ1) is 22.3. The van der Waals surface area contributed by atoms with Gasteiger partial charge < -0.3 is 14.0 Å². The molecule has 0 unspecified atom stereocenters. The fourth-order valence-electron chi connectivity index (χ4n) is 3.03. The van der Waals surface area contributed by atoms with E-state index in [4.69, 9.17) is 9.47 Å². The van der Waals surface area contributed by atoms with Crippen molar-refractivity contribution in [3.63, 3.8) is 0 Å². The van der Waals surface area contributed by atoms with Gasteiger partial charge in [-0.05, 0) is 36.8 Å². The summed E-state index contributed by atoms with van der Waals surface area (Å²) in [5.74, 6) is 2.11. The van der Waals surface area contributed by atoms with Crippen LogP contribution in [0.3, 0.4) is 0 Å². The summed E-state index contributed by atoms with van der Waals surface area (Å²) in [5, 5.41) is 19.9. The third kappa shape index (κ3) is 5.21. The van der Waals surface area contributed by atoms with Gasteiger partial charge in [-0.25, -0.2) is 0 Å². The standard InChI is InChI=1S/C21H22N4O5S/c1-4-24-20(12-14-5-10-18(29-2)19(11-14)30-3)22-23-21(24)31-13-17(26)15-6-8-16(9-7-15)25(27)28/h5-11H,4,12-13H2,1-3H3. The van der Waals surface area contributed by atoms with Crippen LogP contribution in [0.4, 0.5) is 5.69 Å². The Kier molecular flexibility index (Phi) is 7.24. The molecule has 1 heterocycles. The van der Waals surface area contributed by atoms with Gasteiger partial charge in [-0.15, -0.1) is 10.2 Å². The third-order valence-corrected chi connectivity index (χ3v) is 5.62. The van der Waals surface area contributed by atoms with E-state index < -0.39 is 4.92 Å². The number of ether oxygens (including phenoxy) is 2.